The number of hydrogen-bond donors (Lipinski definition) is 1. The first kappa shape index (κ1) is 15.0. The van der Waals surface area contributed by atoms with Gasteiger partial charge in [0.2, 0.25) is 0 Å². The second-order valence-electron chi connectivity index (χ2n) is 5.02. The highest BCUT2D eigenvalue weighted by Crippen LogP contribution is 2.31. The molecule has 1 N–H and O–H groups in total. The van der Waals surface area contributed by atoms with Crippen LogP contribution in [0.25, 0.3) is 0 Å². The number of nitrogens with one attached hydrogen (secondary N) is 1. The van der Waals surface area contributed by atoms with Crippen LogP contribution >= 0.6 is 11.6 Å². The van der Waals surface area contributed by atoms with Gasteiger partial charge in [0.25, 0.3) is 0 Å². The van der Waals surface area contributed by atoms with E-state index in [2.05, 4.69) is 37.4 Å². The number of rotatable bonds is 4. The van der Waals surface area contributed by atoms with Crippen LogP contribution in [0.1, 0.15) is 35.2 Å². The van der Waals surface area contributed by atoms with Gasteiger partial charge in [-0.05, 0) is 55.3 Å². The van der Waals surface area contributed by atoms with Crippen molar-refractivity contribution in [2.45, 2.75) is 26.8 Å². The molecule has 0 aromatic heterocycles. The van der Waals surface area contributed by atoms with E-state index in [4.69, 9.17) is 11.6 Å². The summed E-state index contributed by atoms with van der Waals surface area (Å²) in [4.78, 5) is 0. The summed E-state index contributed by atoms with van der Waals surface area (Å²) < 4.78 is 13.6. The molecule has 0 radical (unpaired) electrons. The van der Waals surface area contributed by atoms with Crippen LogP contribution in [0, 0.1) is 19.7 Å². The smallest absolute Gasteiger partial charge is 0.123 e. The van der Waals surface area contributed by atoms with Crippen molar-refractivity contribution in [1.29, 1.82) is 0 Å². The normalized spacial score (nSPS) is 12.4. The Labute approximate surface area is 124 Å². The molecule has 2 aromatic carbocycles. The molecule has 20 heavy (non-hydrogen) atoms. The lowest BCUT2D eigenvalue weighted by Gasteiger charge is -2.22. The Bertz CT molecular complexity index is 558. The van der Waals surface area contributed by atoms with Gasteiger partial charge >= 0.3 is 0 Å². The second-order valence-corrected chi connectivity index (χ2v) is 5.42. The first-order chi connectivity index (χ1) is 9.52. The SMILES string of the molecule is CCNC(c1cc(C)ccc1C)c1cc(F)ccc1Cl. The molecule has 2 aromatic rings. The zero-order valence-corrected chi connectivity index (χ0v) is 12.8. The van der Waals surface area contributed by atoms with Crippen molar-refractivity contribution in [3.05, 3.63) is 69.5 Å². The van der Waals surface area contributed by atoms with Crippen LogP contribution in [-0.2, 0) is 0 Å². The standard InChI is InChI=1S/C17H19ClFN/c1-4-20-17(14-9-11(2)5-6-12(14)3)15-10-13(19)7-8-16(15)18/h5-10,17,20H,4H2,1-3H3. The molecule has 0 saturated heterocycles. The lowest BCUT2D eigenvalue weighted by Crippen LogP contribution is -2.23. The Morgan fingerprint density at radius 1 is 1.10 bits per heavy atom. The van der Waals surface area contributed by atoms with Crippen LogP contribution in [0.2, 0.25) is 5.02 Å². The van der Waals surface area contributed by atoms with E-state index in [1.165, 1.54) is 23.3 Å². The van der Waals surface area contributed by atoms with Gasteiger partial charge in [0.05, 0.1) is 6.04 Å². The quantitative estimate of drug-likeness (QED) is 0.853. The molecular weight excluding hydrogens is 273 g/mol. The van der Waals surface area contributed by atoms with Crippen LogP contribution in [0.3, 0.4) is 0 Å². The minimum Gasteiger partial charge on any atom is -0.306 e. The Hall–Kier alpha value is -1.38. The first-order valence-electron chi connectivity index (χ1n) is 6.78. The van der Waals surface area contributed by atoms with E-state index in [0.717, 1.165) is 17.7 Å². The van der Waals surface area contributed by atoms with Crippen LogP contribution < -0.4 is 5.32 Å². The van der Waals surface area contributed by atoms with Gasteiger partial charge < -0.3 is 5.32 Å². The summed E-state index contributed by atoms with van der Waals surface area (Å²) in [7, 11) is 0. The van der Waals surface area contributed by atoms with Gasteiger partial charge in [-0.1, -0.05) is 42.3 Å². The molecule has 1 nitrogen and oxygen atoms in total. The van der Waals surface area contributed by atoms with Gasteiger partial charge in [-0.25, -0.2) is 4.39 Å². The van der Waals surface area contributed by atoms with Crippen molar-refractivity contribution in [3.8, 4) is 0 Å². The third kappa shape index (κ3) is 3.20. The second kappa shape index (κ2) is 6.38. The summed E-state index contributed by atoms with van der Waals surface area (Å²) in [5.74, 6) is -0.266. The molecule has 0 amide bonds. The summed E-state index contributed by atoms with van der Waals surface area (Å²) >= 11 is 6.26. The fourth-order valence-corrected chi connectivity index (χ4v) is 2.62. The zero-order valence-electron chi connectivity index (χ0n) is 12.0. The molecule has 1 unspecified atom stereocenters. The van der Waals surface area contributed by atoms with E-state index in [9.17, 15) is 4.39 Å². The van der Waals surface area contributed by atoms with Crippen molar-refractivity contribution in [2.24, 2.45) is 0 Å². The van der Waals surface area contributed by atoms with Crippen LogP contribution in [0.4, 0.5) is 4.39 Å². The minimum absolute atomic E-state index is 0.0944. The molecule has 0 aliphatic rings. The molecule has 106 valence electrons. The topological polar surface area (TPSA) is 12.0 Å². The number of halogens is 2. The molecule has 0 aliphatic carbocycles. The van der Waals surface area contributed by atoms with E-state index in [0.29, 0.717) is 5.02 Å². The number of aryl methyl sites for hydroxylation is 2. The van der Waals surface area contributed by atoms with Crippen LogP contribution in [-0.4, -0.2) is 6.54 Å². The fourth-order valence-electron chi connectivity index (χ4n) is 2.40. The molecule has 1 atom stereocenters. The van der Waals surface area contributed by atoms with Crippen molar-refractivity contribution in [2.75, 3.05) is 6.54 Å². The van der Waals surface area contributed by atoms with Gasteiger partial charge in [-0.3, -0.25) is 0 Å². The lowest BCUT2D eigenvalue weighted by molar-refractivity contribution is 0.602. The maximum Gasteiger partial charge on any atom is 0.123 e. The lowest BCUT2D eigenvalue weighted by atomic mass is 9.93. The molecule has 0 aliphatic heterocycles. The highest BCUT2D eigenvalue weighted by atomic mass is 35.5. The molecule has 2 rings (SSSR count). The zero-order chi connectivity index (χ0) is 14.7. The molecule has 0 bridgehead atoms. The van der Waals surface area contributed by atoms with Gasteiger partial charge in [0, 0.05) is 5.02 Å². The first-order valence-corrected chi connectivity index (χ1v) is 7.16. The predicted molar refractivity (Wildman–Crippen MR) is 82.8 cm³/mol. The Morgan fingerprint density at radius 2 is 1.85 bits per heavy atom. The van der Waals surface area contributed by atoms with Crippen LogP contribution in [0.5, 0.6) is 0 Å². The Balaban J connectivity index is 2.55. The predicted octanol–water partition coefficient (Wildman–Crippen LogP) is 4.79. The number of benzene rings is 2. The molecule has 0 fully saturated rings. The van der Waals surface area contributed by atoms with E-state index < -0.39 is 0 Å². The molecule has 0 saturated carbocycles. The summed E-state index contributed by atoms with van der Waals surface area (Å²) in [5, 5.41) is 3.98. The molecular formula is C17H19ClFN. The third-order valence-electron chi connectivity index (χ3n) is 3.42. The molecule has 3 heteroatoms. The summed E-state index contributed by atoms with van der Waals surface area (Å²) in [6.45, 7) is 6.93. The average molecular weight is 292 g/mol. The molecule has 0 spiro atoms. The Morgan fingerprint density at radius 3 is 2.55 bits per heavy atom. The van der Waals surface area contributed by atoms with E-state index in [1.807, 2.05) is 6.92 Å². The summed E-state index contributed by atoms with van der Waals surface area (Å²) in [6, 6.07) is 10.7. The van der Waals surface area contributed by atoms with E-state index in [-0.39, 0.29) is 11.9 Å². The Kier molecular flexibility index (Phi) is 4.79. The summed E-state index contributed by atoms with van der Waals surface area (Å²) in [6.07, 6.45) is 0. The monoisotopic (exact) mass is 291 g/mol. The maximum absolute atomic E-state index is 13.6. The fraction of sp³-hybridized carbons (Fsp3) is 0.294. The van der Waals surface area contributed by atoms with Gasteiger partial charge in [-0.15, -0.1) is 0 Å². The van der Waals surface area contributed by atoms with E-state index in [1.54, 1.807) is 6.07 Å². The van der Waals surface area contributed by atoms with E-state index >= 15 is 0 Å². The maximum atomic E-state index is 13.6. The molecule has 0 heterocycles. The van der Waals surface area contributed by atoms with Crippen molar-refractivity contribution < 1.29 is 4.39 Å². The van der Waals surface area contributed by atoms with Crippen molar-refractivity contribution in [1.82, 2.24) is 5.32 Å². The summed E-state index contributed by atoms with van der Waals surface area (Å²) in [5.41, 5.74) is 4.27. The third-order valence-corrected chi connectivity index (χ3v) is 3.77. The highest BCUT2D eigenvalue weighted by molar-refractivity contribution is 6.31. The average Bonchev–Trinajstić information content (AvgIpc) is 2.42. The van der Waals surface area contributed by atoms with Crippen LogP contribution in [0.15, 0.2) is 36.4 Å². The minimum atomic E-state index is -0.266. The van der Waals surface area contributed by atoms with Crippen molar-refractivity contribution >= 4 is 11.6 Å². The largest absolute Gasteiger partial charge is 0.306 e. The van der Waals surface area contributed by atoms with Crippen molar-refractivity contribution in [3.63, 3.8) is 0 Å². The number of hydrogen-bond acceptors (Lipinski definition) is 1. The van der Waals surface area contributed by atoms with Gasteiger partial charge in [0.1, 0.15) is 5.82 Å². The van der Waals surface area contributed by atoms with Gasteiger partial charge in [-0.2, -0.15) is 0 Å². The highest BCUT2D eigenvalue weighted by Gasteiger charge is 2.18. The van der Waals surface area contributed by atoms with Gasteiger partial charge in [0.15, 0.2) is 0 Å².